The third-order valence-corrected chi connectivity index (χ3v) is 5.76. The number of halogens is 2. The molecule has 0 aliphatic rings. The van der Waals surface area contributed by atoms with Gasteiger partial charge in [-0.3, -0.25) is 0 Å². The maximum Gasteiger partial charge on any atom is 0.349 e. The second kappa shape index (κ2) is 7.44. The molecule has 0 fully saturated rings. The number of hydrogen-bond acceptors (Lipinski definition) is 5. The lowest BCUT2D eigenvalue weighted by atomic mass is 10.4. The monoisotopic (exact) mass is 440 g/mol. The topological polar surface area (TPSA) is 55.8 Å². The highest BCUT2D eigenvalue weighted by Crippen LogP contribution is 2.35. The molecule has 0 radical (unpaired) electrons. The molecule has 1 N–H and O–H groups in total. The zero-order valence-corrected chi connectivity index (χ0v) is 14.9. The molecule has 0 saturated carbocycles. The number of ether oxygens (including phenoxy) is 2. The summed E-state index contributed by atoms with van der Waals surface area (Å²) in [6, 6.07) is 0. The van der Waals surface area contributed by atoms with Crippen LogP contribution >= 0.6 is 54.5 Å². The predicted molar refractivity (Wildman–Crippen MR) is 86.6 cm³/mol. The minimum absolute atomic E-state index is 0.207. The van der Waals surface area contributed by atoms with Crippen LogP contribution < -0.4 is 9.47 Å². The Morgan fingerprint density at radius 1 is 1.15 bits per heavy atom. The Balaban J connectivity index is 1.78. The molecule has 2 aromatic rings. The number of carboxylic acid groups (broad SMARTS) is 1. The molecule has 20 heavy (non-hydrogen) atoms. The van der Waals surface area contributed by atoms with Crippen LogP contribution in [0.1, 0.15) is 16.1 Å². The van der Waals surface area contributed by atoms with Crippen LogP contribution in [0.15, 0.2) is 25.1 Å². The lowest BCUT2D eigenvalue weighted by molar-refractivity contribution is 0.0697. The van der Waals surface area contributed by atoms with Gasteiger partial charge in [-0.1, -0.05) is 0 Å². The fourth-order valence-electron chi connectivity index (χ4n) is 1.40. The van der Waals surface area contributed by atoms with E-state index in [0.717, 1.165) is 21.6 Å². The van der Waals surface area contributed by atoms with Gasteiger partial charge in [0.2, 0.25) is 0 Å². The summed E-state index contributed by atoms with van der Waals surface area (Å²) < 4.78 is 12.7. The van der Waals surface area contributed by atoms with Crippen LogP contribution in [0, 0.1) is 0 Å². The van der Waals surface area contributed by atoms with Crippen molar-refractivity contribution in [3.05, 3.63) is 30.0 Å². The Morgan fingerprint density at radius 2 is 1.90 bits per heavy atom. The molecule has 0 aromatic carbocycles. The maximum absolute atomic E-state index is 11.0. The first-order chi connectivity index (χ1) is 9.59. The predicted octanol–water partition coefficient (Wildman–Crippen LogP) is 4.88. The van der Waals surface area contributed by atoms with E-state index in [1.165, 1.54) is 0 Å². The third-order valence-electron chi connectivity index (χ3n) is 2.27. The Hall–Kier alpha value is -0.570. The fourth-order valence-corrected chi connectivity index (χ4v) is 4.15. The van der Waals surface area contributed by atoms with E-state index in [1.54, 1.807) is 16.7 Å². The van der Waals surface area contributed by atoms with Crippen molar-refractivity contribution >= 4 is 60.5 Å². The summed E-state index contributed by atoms with van der Waals surface area (Å²) in [5.74, 6) is 0.228. The lowest BCUT2D eigenvalue weighted by Crippen LogP contribution is -2.06. The van der Waals surface area contributed by atoms with Gasteiger partial charge in [0.05, 0.1) is 22.2 Å². The average Bonchev–Trinajstić information content (AvgIpc) is 2.96. The SMILES string of the molecule is O=C(O)c1scc(Br)c1OCCCOc1cscc1Br. The molecular formula is C12H10Br2O4S2. The molecule has 4 nitrogen and oxygen atoms in total. The highest BCUT2D eigenvalue weighted by molar-refractivity contribution is 9.11. The summed E-state index contributed by atoms with van der Waals surface area (Å²) in [5.41, 5.74) is 0. The van der Waals surface area contributed by atoms with Gasteiger partial charge in [0.1, 0.15) is 5.75 Å². The molecular weight excluding hydrogens is 432 g/mol. The summed E-state index contributed by atoms with van der Waals surface area (Å²) in [4.78, 5) is 11.2. The van der Waals surface area contributed by atoms with Crippen molar-refractivity contribution in [2.75, 3.05) is 13.2 Å². The van der Waals surface area contributed by atoms with E-state index in [2.05, 4.69) is 31.9 Å². The van der Waals surface area contributed by atoms with Gasteiger partial charge in [-0.15, -0.1) is 22.7 Å². The first-order valence-electron chi connectivity index (χ1n) is 5.57. The van der Waals surface area contributed by atoms with Gasteiger partial charge in [-0.2, -0.15) is 0 Å². The van der Waals surface area contributed by atoms with E-state index in [-0.39, 0.29) is 4.88 Å². The zero-order chi connectivity index (χ0) is 14.5. The van der Waals surface area contributed by atoms with Crippen molar-refractivity contribution in [3.8, 4) is 11.5 Å². The summed E-state index contributed by atoms with van der Waals surface area (Å²) >= 11 is 9.37. The first kappa shape index (κ1) is 15.8. The number of aromatic carboxylic acids is 1. The van der Waals surface area contributed by atoms with Gasteiger partial charge in [-0.25, -0.2) is 4.79 Å². The number of rotatable bonds is 7. The van der Waals surface area contributed by atoms with Gasteiger partial charge in [0, 0.05) is 22.6 Å². The molecule has 108 valence electrons. The molecule has 0 unspecified atom stereocenters. The molecule has 2 rings (SSSR count). The molecule has 0 spiro atoms. The normalized spacial score (nSPS) is 10.5. The number of carbonyl (C=O) groups is 1. The second-order valence-electron chi connectivity index (χ2n) is 3.68. The standard InChI is InChI=1S/C12H10Br2O4S2/c13-7-4-19-6-9(7)17-2-1-3-18-10-8(14)5-20-11(10)12(15)16/h4-6H,1-3H2,(H,15,16). The Bertz CT molecular complexity index is 594. The van der Waals surface area contributed by atoms with E-state index in [1.807, 2.05) is 10.8 Å². The molecule has 0 aliphatic heterocycles. The van der Waals surface area contributed by atoms with Crippen LogP contribution in [-0.2, 0) is 0 Å². The van der Waals surface area contributed by atoms with Gasteiger partial charge in [-0.05, 0) is 31.9 Å². The molecule has 0 bridgehead atoms. The summed E-state index contributed by atoms with van der Waals surface area (Å²) in [5, 5.41) is 14.6. The number of carboxylic acids is 1. The lowest BCUT2D eigenvalue weighted by Gasteiger charge is -2.07. The highest BCUT2D eigenvalue weighted by atomic mass is 79.9. The van der Waals surface area contributed by atoms with Crippen molar-refractivity contribution < 1.29 is 19.4 Å². The molecule has 2 heterocycles. The van der Waals surface area contributed by atoms with E-state index in [4.69, 9.17) is 14.6 Å². The van der Waals surface area contributed by atoms with Crippen molar-refractivity contribution in [1.29, 1.82) is 0 Å². The molecule has 8 heteroatoms. The Labute approximate surface area is 140 Å². The molecule has 0 atom stereocenters. The van der Waals surface area contributed by atoms with Crippen LogP contribution in [-0.4, -0.2) is 24.3 Å². The highest BCUT2D eigenvalue weighted by Gasteiger charge is 2.17. The summed E-state index contributed by atoms with van der Waals surface area (Å²) in [7, 11) is 0. The van der Waals surface area contributed by atoms with Gasteiger partial charge < -0.3 is 14.6 Å². The first-order valence-corrected chi connectivity index (χ1v) is 8.98. The smallest absolute Gasteiger partial charge is 0.349 e. The number of thiophene rings is 2. The van der Waals surface area contributed by atoms with Crippen LogP contribution in [0.2, 0.25) is 0 Å². The molecule has 0 amide bonds. The van der Waals surface area contributed by atoms with E-state index in [0.29, 0.717) is 29.9 Å². The maximum atomic E-state index is 11.0. The van der Waals surface area contributed by atoms with Crippen molar-refractivity contribution in [3.63, 3.8) is 0 Å². The quantitative estimate of drug-likeness (QED) is 0.622. The van der Waals surface area contributed by atoms with E-state index < -0.39 is 5.97 Å². The van der Waals surface area contributed by atoms with E-state index in [9.17, 15) is 4.79 Å². The third kappa shape index (κ3) is 3.97. The fraction of sp³-hybridized carbons (Fsp3) is 0.250. The minimum Gasteiger partial charge on any atom is -0.491 e. The van der Waals surface area contributed by atoms with Crippen LogP contribution in [0.25, 0.3) is 0 Å². The second-order valence-corrected chi connectivity index (χ2v) is 7.01. The summed E-state index contributed by atoms with van der Waals surface area (Å²) in [6.45, 7) is 0.914. The minimum atomic E-state index is -0.978. The van der Waals surface area contributed by atoms with Crippen LogP contribution in [0.5, 0.6) is 11.5 Å². The number of hydrogen-bond donors (Lipinski definition) is 1. The zero-order valence-electron chi connectivity index (χ0n) is 10.1. The van der Waals surface area contributed by atoms with Crippen molar-refractivity contribution in [1.82, 2.24) is 0 Å². The molecule has 0 aliphatic carbocycles. The van der Waals surface area contributed by atoms with Crippen LogP contribution in [0.4, 0.5) is 0 Å². The van der Waals surface area contributed by atoms with Crippen molar-refractivity contribution in [2.24, 2.45) is 0 Å². The average molecular weight is 442 g/mol. The van der Waals surface area contributed by atoms with Gasteiger partial charge in [0.25, 0.3) is 0 Å². The van der Waals surface area contributed by atoms with Crippen LogP contribution in [0.3, 0.4) is 0 Å². The van der Waals surface area contributed by atoms with Gasteiger partial charge >= 0.3 is 5.97 Å². The van der Waals surface area contributed by atoms with E-state index >= 15 is 0 Å². The largest absolute Gasteiger partial charge is 0.491 e. The molecule has 2 aromatic heterocycles. The Kier molecular flexibility index (Phi) is 5.88. The van der Waals surface area contributed by atoms with Gasteiger partial charge in [0.15, 0.2) is 10.6 Å². The Morgan fingerprint density at radius 3 is 2.55 bits per heavy atom. The molecule has 0 saturated heterocycles. The summed E-state index contributed by atoms with van der Waals surface area (Å²) in [6.07, 6.45) is 0.670. The van der Waals surface area contributed by atoms with Crippen molar-refractivity contribution in [2.45, 2.75) is 6.42 Å².